The molecule has 0 aliphatic carbocycles. The molecule has 1 atom stereocenters. The summed E-state index contributed by atoms with van der Waals surface area (Å²) in [5, 5.41) is 1.41. The van der Waals surface area contributed by atoms with Gasteiger partial charge >= 0.3 is 5.97 Å². The van der Waals surface area contributed by atoms with E-state index in [0.717, 1.165) is 32.5 Å². The monoisotopic (exact) mass is 447 g/mol. The zero-order chi connectivity index (χ0) is 22.8. The van der Waals surface area contributed by atoms with E-state index in [1.807, 2.05) is 0 Å². The van der Waals surface area contributed by atoms with Crippen LogP contribution < -0.4 is 4.90 Å². The SMILES string of the molecule is CCOC(=O)c1cnc(N2CCC(CN3CCC(c4cn(C)c5ccccc45)C3)CC2)nc1. The van der Waals surface area contributed by atoms with Gasteiger partial charge in [0, 0.05) is 62.7 Å². The van der Waals surface area contributed by atoms with Crippen molar-refractivity contribution >= 4 is 22.8 Å². The molecule has 2 aliphatic rings. The van der Waals surface area contributed by atoms with Crippen molar-refractivity contribution in [3.8, 4) is 0 Å². The topological polar surface area (TPSA) is 63.5 Å². The predicted octanol–water partition coefficient (Wildman–Crippen LogP) is 3.85. The number of hydrogen-bond donors (Lipinski definition) is 0. The van der Waals surface area contributed by atoms with Gasteiger partial charge in [-0.15, -0.1) is 0 Å². The molecule has 3 aromatic rings. The summed E-state index contributed by atoms with van der Waals surface area (Å²) in [5.41, 5.74) is 3.25. The number of piperidine rings is 1. The fourth-order valence-electron chi connectivity index (χ4n) is 5.44. The van der Waals surface area contributed by atoms with Crippen LogP contribution in [0.3, 0.4) is 0 Å². The third-order valence-corrected chi connectivity index (χ3v) is 7.20. The standard InChI is InChI=1S/C26H33N5O2/c1-3-33-25(32)21-14-27-26(28-15-21)31-12-8-19(9-13-31)16-30-11-10-20(17-30)23-18-29(2)24-7-5-4-6-22(23)24/h4-7,14-15,18-20H,3,8-13,16-17H2,1-2H3. The number of hydrogen-bond acceptors (Lipinski definition) is 6. The molecule has 5 rings (SSSR count). The number of ether oxygens (including phenoxy) is 1. The Morgan fingerprint density at radius 2 is 1.85 bits per heavy atom. The van der Waals surface area contributed by atoms with Gasteiger partial charge in [-0.1, -0.05) is 18.2 Å². The van der Waals surface area contributed by atoms with Gasteiger partial charge < -0.3 is 19.1 Å². The lowest BCUT2D eigenvalue weighted by atomic mass is 9.96. The van der Waals surface area contributed by atoms with Crippen molar-refractivity contribution in [1.82, 2.24) is 19.4 Å². The average Bonchev–Trinajstić information content (AvgIpc) is 3.44. The second-order valence-corrected chi connectivity index (χ2v) is 9.38. The maximum absolute atomic E-state index is 11.8. The molecule has 2 aliphatic heterocycles. The van der Waals surface area contributed by atoms with Crippen LogP contribution in [-0.2, 0) is 11.8 Å². The van der Waals surface area contributed by atoms with Crippen LogP contribution in [0.2, 0.25) is 0 Å². The summed E-state index contributed by atoms with van der Waals surface area (Å²) in [6.45, 7) is 7.60. The fraction of sp³-hybridized carbons (Fsp3) is 0.500. The average molecular weight is 448 g/mol. The summed E-state index contributed by atoms with van der Waals surface area (Å²) in [6, 6.07) is 8.76. The molecule has 2 saturated heterocycles. The maximum Gasteiger partial charge on any atom is 0.341 e. The molecule has 7 nitrogen and oxygen atoms in total. The van der Waals surface area contributed by atoms with Gasteiger partial charge in [-0.05, 0) is 56.2 Å². The Morgan fingerprint density at radius 3 is 2.61 bits per heavy atom. The van der Waals surface area contributed by atoms with Gasteiger partial charge in [-0.3, -0.25) is 0 Å². The highest BCUT2D eigenvalue weighted by molar-refractivity contribution is 5.88. The zero-order valence-corrected chi connectivity index (χ0v) is 19.6. The van der Waals surface area contributed by atoms with E-state index in [9.17, 15) is 4.79 Å². The number of anilines is 1. The van der Waals surface area contributed by atoms with Crippen LogP contribution >= 0.6 is 0 Å². The smallest absolute Gasteiger partial charge is 0.341 e. The number of aryl methyl sites for hydroxylation is 1. The van der Waals surface area contributed by atoms with E-state index >= 15 is 0 Å². The minimum absolute atomic E-state index is 0.355. The molecule has 0 radical (unpaired) electrons. The first kappa shape index (κ1) is 21.9. The third kappa shape index (κ3) is 4.60. The number of carbonyl (C=O) groups is 1. The van der Waals surface area contributed by atoms with Crippen molar-refractivity contribution in [3.63, 3.8) is 0 Å². The molecule has 2 fully saturated rings. The lowest BCUT2D eigenvalue weighted by Crippen LogP contribution is -2.39. The van der Waals surface area contributed by atoms with Gasteiger partial charge in [0.05, 0.1) is 12.2 Å². The number of fused-ring (bicyclic) bond motifs is 1. The molecule has 2 aromatic heterocycles. The second-order valence-electron chi connectivity index (χ2n) is 9.38. The largest absolute Gasteiger partial charge is 0.462 e. The molecule has 0 spiro atoms. The van der Waals surface area contributed by atoms with Gasteiger partial charge in [0.15, 0.2) is 0 Å². The van der Waals surface area contributed by atoms with Crippen LogP contribution in [0, 0.1) is 5.92 Å². The minimum Gasteiger partial charge on any atom is -0.462 e. The molecule has 0 saturated carbocycles. The highest BCUT2D eigenvalue weighted by Crippen LogP contribution is 2.34. The van der Waals surface area contributed by atoms with Gasteiger partial charge in [0.25, 0.3) is 0 Å². The molecule has 174 valence electrons. The van der Waals surface area contributed by atoms with Crippen LogP contribution in [-0.4, -0.2) is 64.7 Å². The normalized spacial score (nSPS) is 19.9. The third-order valence-electron chi connectivity index (χ3n) is 7.20. The molecular formula is C26H33N5O2. The Balaban J connectivity index is 1.13. The maximum atomic E-state index is 11.8. The van der Waals surface area contributed by atoms with Crippen LogP contribution in [0.4, 0.5) is 5.95 Å². The van der Waals surface area contributed by atoms with Gasteiger partial charge in [-0.25, -0.2) is 14.8 Å². The van der Waals surface area contributed by atoms with Crippen LogP contribution in [0.1, 0.15) is 48.0 Å². The molecule has 7 heteroatoms. The van der Waals surface area contributed by atoms with E-state index < -0.39 is 0 Å². The first-order chi connectivity index (χ1) is 16.1. The number of rotatable bonds is 6. The molecule has 0 N–H and O–H groups in total. The summed E-state index contributed by atoms with van der Waals surface area (Å²) in [5.74, 6) is 1.68. The quantitative estimate of drug-likeness (QED) is 0.535. The van der Waals surface area contributed by atoms with Gasteiger partial charge in [-0.2, -0.15) is 0 Å². The first-order valence-electron chi connectivity index (χ1n) is 12.1. The number of benzene rings is 1. The van der Waals surface area contributed by atoms with E-state index in [1.165, 1.54) is 36.0 Å². The predicted molar refractivity (Wildman–Crippen MR) is 130 cm³/mol. The Kier molecular flexibility index (Phi) is 6.31. The van der Waals surface area contributed by atoms with Crippen LogP contribution in [0.15, 0.2) is 42.9 Å². The van der Waals surface area contributed by atoms with E-state index in [1.54, 1.807) is 19.3 Å². The van der Waals surface area contributed by atoms with Crippen molar-refractivity contribution in [1.29, 1.82) is 0 Å². The van der Waals surface area contributed by atoms with Crippen LogP contribution in [0.5, 0.6) is 0 Å². The Morgan fingerprint density at radius 1 is 1.09 bits per heavy atom. The lowest BCUT2D eigenvalue weighted by Gasteiger charge is -2.34. The number of nitrogens with zero attached hydrogens (tertiary/aromatic N) is 5. The number of likely N-dealkylation sites (tertiary alicyclic amines) is 1. The van der Waals surface area contributed by atoms with Crippen LogP contribution in [0.25, 0.3) is 10.9 Å². The van der Waals surface area contributed by atoms with Crippen molar-refractivity contribution in [3.05, 3.63) is 54.0 Å². The number of aromatic nitrogens is 3. The molecule has 0 amide bonds. The summed E-state index contributed by atoms with van der Waals surface area (Å²) < 4.78 is 7.28. The summed E-state index contributed by atoms with van der Waals surface area (Å²) >= 11 is 0. The number of esters is 1. The van der Waals surface area contributed by atoms with Crippen molar-refractivity contribution in [2.24, 2.45) is 13.0 Å². The number of carbonyl (C=O) groups excluding carboxylic acids is 1. The van der Waals surface area contributed by atoms with Gasteiger partial charge in [0.2, 0.25) is 5.95 Å². The van der Waals surface area contributed by atoms with E-state index in [4.69, 9.17) is 4.74 Å². The first-order valence-corrected chi connectivity index (χ1v) is 12.1. The molecule has 0 bridgehead atoms. The Bertz CT molecular complexity index is 1100. The van der Waals surface area contributed by atoms with Crippen molar-refractivity contribution < 1.29 is 9.53 Å². The fourth-order valence-corrected chi connectivity index (χ4v) is 5.44. The molecular weight excluding hydrogens is 414 g/mol. The summed E-state index contributed by atoms with van der Waals surface area (Å²) in [7, 11) is 2.15. The summed E-state index contributed by atoms with van der Waals surface area (Å²) in [4.78, 5) is 25.5. The van der Waals surface area contributed by atoms with E-state index in [0.29, 0.717) is 30.0 Å². The molecule has 4 heterocycles. The Labute approximate surface area is 195 Å². The second kappa shape index (κ2) is 9.51. The van der Waals surface area contributed by atoms with E-state index in [2.05, 4.69) is 61.8 Å². The zero-order valence-electron chi connectivity index (χ0n) is 19.6. The van der Waals surface area contributed by atoms with Crippen molar-refractivity contribution in [2.75, 3.05) is 44.2 Å². The van der Waals surface area contributed by atoms with E-state index in [-0.39, 0.29) is 5.97 Å². The molecule has 1 aromatic carbocycles. The summed E-state index contributed by atoms with van der Waals surface area (Å²) in [6.07, 6.45) is 9.03. The highest BCUT2D eigenvalue weighted by Gasteiger charge is 2.29. The Hall–Kier alpha value is -2.93. The minimum atomic E-state index is -0.366. The number of para-hydroxylation sites is 1. The van der Waals surface area contributed by atoms with Crippen molar-refractivity contribution in [2.45, 2.75) is 32.1 Å². The molecule has 1 unspecified atom stereocenters. The molecule has 33 heavy (non-hydrogen) atoms. The van der Waals surface area contributed by atoms with Gasteiger partial charge in [0.1, 0.15) is 0 Å². The highest BCUT2D eigenvalue weighted by atomic mass is 16.5. The lowest BCUT2D eigenvalue weighted by molar-refractivity contribution is 0.0525.